The second-order valence-electron chi connectivity index (χ2n) is 24.0. The van der Waals surface area contributed by atoms with Crippen molar-refractivity contribution in [2.45, 2.75) is 217 Å². The van der Waals surface area contributed by atoms with E-state index in [4.69, 9.17) is 9.47 Å². The number of hydrogen-bond donors (Lipinski definition) is 6. The van der Waals surface area contributed by atoms with Crippen LogP contribution < -0.4 is 10.6 Å². The van der Waals surface area contributed by atoms with E-state index in [1.807, 2.05) is 37.0 Å². The van der Waals surface area contributed by atoms with Gasteiger partial charge in [-0.1, -0.05) is 169 Å². The number of rotatable bonds is 42. The predicted molar refractivity (Wildman–Crippen MR) is 317 cm³/mol. The molecule has 1 aliphatic rings. The van der Waals surface area contributed by atoms with Crippen LogP contribution in [0.15, 0.2) is 97.6 Å². The van der Waals surface area contributed by atoms with Crippen LogP contribution in [0.4, 0.5) is 0 Å². The van der Waals surface area contributed by atoms with Crippen molar-refractivity contribution in [1.82, 2.24) is 20.4 Å². The second-order valence-corrected chi connectivity index (χ2v) is 24.0. The van der Waals surface area contributed by atoms with Gasteiger partial charge in [-0.2, -0.15) is 0 Å². The number of hydrogen-bond acceptors (Lipinski definition) is 10. The summed E-state index contributed by atoms with van der Waals surface area (Å²) in [6, 6.07) is -1.29. The molecule has 6 N–H and O–H groups in total. The van der Waals surface area contributed by atoms with Crippen molar-refractivity contribution in [2.75, 3.05) is 39.3 Å². The summed E-state index contributed by atoms with van der Waals surface area (Å²) < 4.78 is 11.1. The average molecular weight is 1070 g/mol. The van der Waals surface area contributed by atoms with Crippen molar-refractivity contribution >= 4 is 11.8 Å². The SMILES string of the molecule is CC/C=C\C/C=C\OC(O)CN(CCCCC1NC(=O)C(CCCCN(CC(O)C(C)/C=C\C/C=C\C(C)C)CC(O)C(C)/C=C\C/C=C\C(C)CC(C)CC)NC1=O)CC(O)O/C=C\C/C=C\C(C)(C)CC(C)(C)C. The maximum Gasteiger partial charge on any atom is 0.243 e. The molecular formula is C64H112N4O8. The van der Waals surface area contributed by atoms with Crippen molar-refractivity contribution in [3.8, 4) is 0 Å². The van der Waals surface area contributed by atoms with E-state index in [1.54, 1.807) is 0 Å². The molecule has 0 radical (unpaired) electrons. The summed E-state index contributed by atoms with van der Waals surface area (Å²) in [5, 5.41) is 50.1. The number of amides is 2. The molecule has 1 rings (SSSR count). The van der Waals surface area contributed by atoms with Gasteiger partial charge in [-0.15, -0.1) is 0 Å². The van der Waals surface area contributed by atoms with E-state index in [9.17, 15) is 30.0 Å². The Bertz CT molecular complexity index is 1780. The fraction of sp³-hybridized carbons (Fsp3) is 0.719. The number of nitrogens with one attached hydrogen (secondary N) is 2. The van der Waals surface area contributed by atoms with Crippen LogP contribution in [0.3, 0.4) is 0 Å². The maximum atomic E-state index is 13.3. The van der Waals surface area contributed by atoms with Gasteiger partial charge >= 0.3 is 0 Å². The van der Waals surface area contributed by atoms with Crippen LogP contribution in [0.5, 0.6) is 0 Å². The van der Waals surface area contributed by atoms with Crippen LogP contribution in [0.1, 0.15) is 180 Å². The van der Waals surface area contributed by atoms with Crippen molar-refractivity contribution in [1.29, 1.82) is 0 Å². The Morgan fingerprint density at radius 3 is 1.47 bits per heavy atom. The lowest BCUT2D eigenvalue weighted by Crippen LogP contribution is -2.61. The highest BCUT2D eigenvalue weighted by Crippen LogP contribution is 2.34. The van der Waals surface area contributed by atoms with Crippen LogP contribution in [-0.2, 0) is 19.1 Å². The summed E-state index contributed by atoms with van der Waals surface area (Å²) in [5.74, 6) is 1.19. The number of nitrogens with zero attached hydrogens (tertiary/aromatic N) is 2. The molecule has 10 unspecified atom stereocenters. The minimum absolute atomic E-state index is 0.0683. The smallest absolute Gasteiger partial charge is 0.243 e. The molecule has 76 heavy (non-hydrogen) atoms. The molecule has 0 spiro atoms. The fourth-order valence-electron chi connectivity index (χ4n) is 9.53. The highest BCUT2D eigenvalue weighted by Gasteiger charge is 2.33. The third-order valence-corrected chi connectivity index (χ3v) is 13.7. The van der Waals surface area contributed by atoms with E-state index >= 15 is 0 Å². The van der Waals surface area contributed by atoms with E-state index in [2.05, 4.69) is 159 Å². The molecule has 436 valence electrons. The maximum absolute atomic E-state index is 13.3. The fourth-order valence-corrected chi connectivity index (χ4v) is 9.53. The predicted octanol–water partition coefficient (Wildman–Crippen LogP) is 12.1. The number of aliphatic hydroxyl groups is 4. The first-order valence-corrected chi connectivity index (χ1v) is 29.3. The Morgan fingerprint density at radius 1 is 0.566 bits per heavy atom. The van der Waals surface area contributed by atoms with Gasteiger partial charge in [0.2, 0.25) is 24.4 Å². The van der Waals surface area contributed by atoms with E-state index < -0.39 is 36.9 Å². The normalized spacial score (nSPS) is 19.7. The van der Waals surface area contributed by atoms with E-state index in [1.165, 1.54) is 25.4 Å². The summed E-state index contributed by atoms with van der Waals surface area (Å²) in [5.41, 5.74) is 0.294. The molecule has 1 aliphatic heterocycles. The minimum atomic E-state index is -1.14. The molecule has 10 atom stereocenters. The first-order chi connectivity index (χ1) is 35.9. The van der Waals surface area contributed by atoms with Gasteiger partial charge in [0.1, 0.15) is 12.1 Å². The molecule has 0 aliphatic carbocycles. The third kappa shape index (κ3) is 36.3. The molecule has 0 aromatic carbocycles. The van der Waals surface area contributed by atoms with Gasteiger partial charge in [0, 0.05) is 24.9 Å². The van der Waals surface area contributed by atoms with Gasteiger partial charge in [-0.3, -0.25) is 19.4 Å². The molecule has 0 aromatic heterocycles. The number of aliphatic hydroxyl groups excluding tert-OH is 4. The third-order valence-electron chi connectivity index (χ3n) is 13.7. The van der Waals surface area contributed by atoms with Crippen LogP contribution in [0.25, 0.3) is 0 Å². The molecule has 2 amide bonds. The highest BCUT2D eigenvalue weighted by molar-refractivity contribution is 5.96. The summed E-state index contributed by atoms with van der Waals surface area (Å²) in [4.78, 5) is 30.7. The van der Waals surface area contributed by atoms with Gasteiger partial charge in [0.25, 0.3) is 0 Å². The quantitative estimate of drug-likeness (QED) is 0.0150. The molecule has 0 bridgehead atoms. The van der Waals surface area contributed by atoms with Crippen molar-refractivity contribution in [2.24, 2.45) is 40.4 Å². The zero-order chi connectivity index (χ0) is 56.9. The molecule has 1 heterocycles. The van der Waals surface area contributed by atoms with Crippen molar-refractivity contribution < 1.29 is 39.5 Å². The molecule has 12 heteroatoms. The molecular weight excluding hydrogens is 953 g/mol. The van der Waals surface area contributed by atoms with E-state index in [0.29, 0.717) is 88.9 Å². The summed E-state index contributed by atoms with van der Waals surface area (Å²) >= 11 is 0. The highest BCUT2D eigenvalue weighted by atomic mass is 16.6. The number of allylic oxidation sites excluding steroid dienone is 12. The minimum Gasteiger partial charge on any atom is -0.472 e. The van der Waals surface area contributed by atoms with Gasteiger partial charge in [0.05, 0.1) is 37.8 Å². The molecule has 12 nitrogen and oxygen atoms in total. The zero-order valence-corrected chi connectivity index (χ0v) is 50.0. The molecule has 1 fully saturated rings. The lowest BCUT2D eigenvalue weighted by Gasteiger charge is -2.31. The van der Waals surface area contributed by atoms with E-state index in [0.717, 1.165) is 32.1 Å². The van der Waals surface area contributed by atoms with Gasteiger partial charge in [-0.25, -0.2) is 0 Å². The second kappa shape index (κ2) is 40.4. The Kier molecular flexibility index (Phi) is 37.3. The number of unbranched alkanes of at least 4 members (excludes halogenated alkanes) is 2. The largest absolute Gasteiger partial charge is 0.472 e. The molecule has 0 aromatic rings. The summed E-state index contributed by atoms with van der Waals surface area (Å²) in [6.07, 6.45) is 39.8. The van der Waals surface area contributed by atoms with E-state index in [-0.39, 0.29) is 47.6 Å². The molecule has 0 saturated carbocycles. The first-order valence-electron chi connectivity index (χ1n) is 29.3. The van der Waals surface area contributed by atoms with Crippen LogP contribution in [-0.4, -0.2) is 118 Å². The number of carbonyl (C=O) groups is 2. The Hall–Kier alpha value is -3.78. The lowest BCUT2D eigenvalue weighted by atomic mass is 9.76. The first kappa shape index (κ1) is 70.2. The Balaban J connectivity index is 2.85. The van der Waals surface area contributed by atoms with Crippen LogP contribution in [0.2, 0.25) is 0 Å². The Morgan fingerprint density at radius 2 is 1.01 bits per heavy atom. The standard InChI is InChI=1S/C64H112N4O8/c1-14-16-17-18-31-42-75-59(71)47-68(48-60(72)76-43-32-21-28-39-64(12,13)49-63(9,10)11)41-30-27-38-56-62(74)65-55(61(73)66-56)37-26-29-40-67(45-57(69)53(7)35-24-19-22-33-50(3)4)46-58(70)54(8)36-25-20-23-34-52(6)44-51(5)15-2/h16-17,22-25,28,31-36,39,42-43,50-60,69-72H,14-15,18-21,26-27,29-30,37-38,40-41,44-49H2,1-13H3,(H,65,74)(H,66,73)/b17-16-,33-22-,34-23-,35-24-,36-25-,39-28-,42-31-,43-32-. The summed E-state index contributed by atoms with van der Waals surface area (Å²) in [6.45, 7) is 30.6. The number of piperazine rings is 1. The Labute approximate surface area is 464 Å². The van der Waals surface area contributed by atoms with Crippen LogP contribution in [0, 0.1) is 40.4 Å². The van der Waals surface area contributed by atoms with Crippen molar-refractivity contribution in [3.05, 3.63) is 97.6 Å². The lowest BCUT2D eigenvalue weighted by molar-refractivity contribution is -0.137. The molecule has 1 saturated heterocycles. The number of ether oxygens (including phenoxy) is 2. The van der Waals surface area contributed by atoms with Gasteiger partial charge in [-0.05, 0) is 137 Å². The topological polar surface area (TPSA) is 164 Å². The van der Waals surface area contributed by atoms with Crippen LogP contribution >= 0.6 is 0 Å². The monoisotopic (exact) mass is 1060 g/mol. The zero-order valence-electron chi connectivity index (χ0n) is 50.0. The average Bonchev–Trinajstić information content (AvgIpc) is 3.33. The van der Waals surface area contributed by atoms with Gasteiger partial charge < -0.3 is 40.5 Å². The summed E-state index contributed by atoms with van der Waals surface area (Å²) in [7, 11) is 0. The number of carbonyl (C=O) groups excluding carboxylic acids is 2. The van der Waals surface area contributed by atoms with Gasteiger partial charge in [0.15, 0.2) is 0 Å². The van der Waals surface area contributed by atoms with Crippen molar-refractivity contribution in [3.63, 3.8) is 0 Å².